The van der Waals surface area contributed by atoms with E-state index in [0.717, 1.165) is 0 Å². The molecule has 0 aliphatic carbocycles. The highest BCUT2D eigenvalue weighted by Crippen LogP contribution is 2.26. The fourth-order valence-corrected chi connectivity index (χ4v) is 1.49. The third-order valence-corrected chi connectivity index (χ3v) is 2.67. The molecule has 19 heavy (non-hydrogen) atoms. The quantitative estimate of drug-likeness (QED) is 0.858. The van der Waals surface area contributed by atoms with Crippen LogP contribution in [0.4, 0.5) is 4.79 Å². The van der Waals surface area contributed by atoms with Crippen LogP contribution in [0.1, 0.15) is 20.8 Å². The van der Waals surface area contributed by atoms with Crippen molar-refractivity contribution >= 4 is 29.3 Å². The first-order chi connectivity index (χ1) is 8.78. The summed E-state index contributed by atoms with van der Waals surface area (Å²) in [6, 6.07) is 4.99. The zero-order valence-corrected chi connectivity index (χ0v) is 12.6. The Hall–Kier alpha value is -1.13. The molecule has 0 aromatic heterocycles. The highest BCUT2D eigenvalue weighted by Gasteiger charge is 2.15. The second-order valence-electron chi connectivity index (χ2n) is 4.85. The van der Waals surface area contributed by atoms with Crippen LogP contribution in [-0.4, -0.2) is 24.8 Å². The molecule has 0 bridgehead atoms. The summed E-state index contributed by atoms with van der Waals surface area (Å²) in [5.41, 5.74) is -0.505. The molecule has 106 valence electrons. The van der Waals surface area contributed by atoms with Gasteiger partial charge in [-0.05, 0) is 32.9 Å². The van der Waals surface area contributed by atoms with Crippen LogP contribution in [0.5, 0.6) is 5.75 Å². The van der Waals surface area contributed by atoms with Crippen molar-refractivity contribution < 1.29 is 14.3 Å². The summed E-state index contributed by atoms with van der Waals surface area (Å²) in [5, 5.41) is 3.49. The zero-order chi connectivity index (χ0) is 14.5. The third kappa shape index (κ3) is 6.55. The Morgan fingerprint density at radius 1 is 1.26 bits per heavy atom. The van der Waals surface area contributed by atoms with E-state index in [2.05, 4.69) is 5.32 Å². The number of rotatable bonds is 4. The van der Waals surface area contributed by atoms with Crippen LogP contribution in [0.3, 0.4) is 0 Å². The second-order valence-corrected chi connectivity index (χ2v) is 5.67. The SMILES string of the molecule is CC(C)(C)OC(=O)NCCOc1ccc(Cl)c(Cl)c1. The molecule has 0 unspecified atom stereocenters. The lowest BCUT2D eigenvalue weighted by Gasteiger charge is -2.19. The molecule has 0 radical (unpaired) electrons. The Morgan fingerprint density at radius 3 is 2.53 bits per heavy atom. The van der Waals surface area contributed by atoms with E-state index in [1.54, 1.807) is 39.0 Å². The van der Waals surface area contributed by atoms with Crippen molar-refractivity contribution in [2.75, 3.05) is 13.2 Å². The predicted molar refractivity (Wildman–Crippen MR) is 76.2 cm³/mol. The Labute approximate surface area is 123 Å². The minimum absolute atomic E-state index is 0.317. The number of hydrogen-bond donors (Lipinski definition) is 1. The van der Waals surface area contributed by atoms with Crippen LogP contribution in [-0.2, 0) is 4.74 Å². The second kappa shape index (κ2) is 6.87. The molecule has 0 aliphatic heterocycles. The van der Waals surface area contributed by atoms with Gasteiger partial charge in [0.2, 0.25) is 0 Å². The molecule has 0 saturated heterocycles. The highest BCUT2D eigenvalue weighted by molar-refractivity contribution is 6.42. The fourth-order valence-electron chi connectivity index (χ4n) is 1.20. The van der Waals surface area contributed by atoms with Gasteiger partial charge in [-0.25, -0.2) is 4.79 Å². The predicted octanol–water partition coefficient (Wildman–Crippen LogP) is 3.90. The van der Waals surface area contributed by atoms with Gasteiger partial charge in [-0.1, -0.05) is 23.2 Å². The fraction of sp³-hybridized carbons (Fsp3) is 0.462. The van der Waals surface area contributed by atoms with Crippen molar-refractivity contribution in [3.05, 3.63) is 28.2 Å². The lowest BCUT2D eigenvalue weighted by molar-refractivity contribution is 0.0520. The van der Waals surface area contributed by atoms with E-state index >= 15 is 0 Å². The maximum Gasteiger partial charge on any atom is 0.407 e. The number of benzene rings is 1. The lowest BCUT2D eigenvalue weighted by atomic mass is 10.2. The number of hydrogen-bond acceptors (Lipinski definition) is 3. The summed E-state index contributed by atoms with van der Waals surface area (Å²) in [7, 11) is 0. The molecule has 0 aliphatic rings. The molecule has 0 saturated carbocycles. The Balaban J connectivity index is 2.27. The molecule has 1 aromatic carbocycles. The Morgan fingerprint density at radius 2 is 1.95 bits per heavy atom. The van der Waals surface area contributed by atoms with Gasteiger partial charge in [-0.15, -0.1) is 0 Å². The van der Waals surface area contributed by atoms with E-state index in [1.165, 1.54) is 0 Å². The van der Waals surface area contributed by atoms with Crippen LogP contribution in [0, 0.1) is 0 Å². The summed E-state index contributed by atoms with van der Waals surface area (Å²) in [4.78, 5) is 11.3. The van der Waals surface area contributed by atoms with Crippen molar-refractivity contribution in [2.45, 2.75) is 26.4 Å². The van der Waals surface area contributed by atoms with E-state index in [-0.39, 0.29) is 0 Å². The minimum Gasteiger partial charge on any atom is -0.492 e. The summed E-state index contributed by atoms with van der Waals surface area (Å²) < 4.78 is 10.5. The standard InChI is InChI=1S/C13H17Cl2NO3/c1-13(2,3)19-12(17)16-6-7-18-9-4-5-10(14)11(15)8-9/h4-5,8H,6-7H2,1-3H3,(H,16,17). The van der Waals surface area contributed by atoms with Crippen molar-refractivity contribution in [3.63, 3.8) is 0 Å². The van der Waals surface area contributed by atoms with Crippen molar-refractivity contribution in [1.82, 2.24) is 5.32 Å². The third-order valence-electron chi connectivity index (χ3n) is 1.93. The summed E-state index contributed by atoms with van der Waals surface area (Å²) in [5.74, 6) is 0.598. The van der Waals surface area contributed by atoms with E-state index in [0.29, 0.717) is 28.9 Å². The van der Waals surface area contributed by atoms with Crippen LogP contribution < -0.4 is 10.1 Å². The topological polar surface area (TPSA) is 47.6 Å². The Kier molecular flexibility index (Phi) is 5.76. The monoisotopic (exact) mass is 305 g/mol. The molecule has 6 heteroatoms. The maximum absolute atomic E-state index is 11.3. The molecule has 1 amide bonds. The van der Waals surface area contributed by atoms with E-state index in [9.17, 15) is 4.79 Å². The number of nitrogens with one attached hydrogen (secondary N) is 1. The summed E-state index contributed by atoms with van der Waals surface area (Å²) >= 11 is 11.6. The van der Waals surface area contributed by atoms with E-state index < -0.39 is 11.7 Å². The number of amides is 1. The first-order valence-corrected chi connectivity index (χ1v) is 6.58. The molecule has 0 fully saturated rings. The molecule has 0 atom stereocenters. The van der Waals surface area contributed by atoms with Gasteiger partial charge in [-0.3, -0.25) is 0 Å². The number of ether oxygens (including phenoxy) is 2. The molecule has 1 N–H and O–H groups in total. The average Bonchev–Trinajstić information content (AvgIpc) is 2.27. The lowest BCUT2D eigenvalue weighted by Crippen LogP contribution is -2.34. The molecule has 0 heterocycles. The number of alkyl carbamates (subject to hydrolysis) is 1. The van der Waals surface area contributed by atoms with Gasteiger partial charge in [0.15, 0.2) is 0 Å². The minimum atomic E-state index is -0.505. The smallest absolute Gasteiger partial charge is 0.407 e. The highest BCUT2D eigenvalue weighted by atomic mass is 35.5. The van der Waals surface area contributed by atoms with Crippen LogP contribution in [0.15, 0.2) is 18.2 Å². The molecule has 1 aromatic rings. The number of carbonyl (C=O) groups excluding carboxylic acids is 1. The molecule has 4 nitrogen and oxygen atoms in total. The van der Waals surface area contributed by atoms with Crippen molar-refractivity contribution in [3.8, 4) is 5.75 Å². The molecule has 1 rings (SSSR count). The van der Waals surface area contributed by atoms with E-state index in [4.69, 9.17) is 32.7 Å². The largest absolute Gasteiger partial charge is 0.492 e. The van der Waals surface area contributed by atoms with Crippen LogP contribution >= 0.6 is 23.2 Å². The first-order valence-electron chi connectivity index (χ1n) is 5.82. The van der Waals surface area contributed by atoms with Gasteiger partial charge in [-0.2, -0.15) is 0 Å². The summed E-state index contributed by atoms with van der Waals surface area (Å²) in [6.07, 6.45) is -0.467. The molecule has 0 spiro atoms. The molecular formula is C13H17Cl2NO3. The van der Waals surface area contributed by atoms with Gasteiger partial charge < -0.3 is 14.8 Å². The normalized spacial score (nSPS) is 11.0. The van der Waals surface area contributed by atoms with Gasteiger partial charge in [0.05, 0.1) is 16.6 Å². The van der Waals surface area contributed by atoms with Crippen molar-refractivity contribution in [1.29, 1.82) is 0 Å². The van der Waals surface area contributed by atoms with Gasteiger partial charge >= 0.3 is 6.09 Å². The number of carbonyl (C=O) groups is 1. The maximum atomic E-state index is 11.3. The van der Waals surface area contributed by atoms with E-state index in [1.807, 2.05) is 0 Å². The zero-order valence-electron chi connectivity index (χ0n) is 11.1. The van der Waals surface area contributed by atoms with Gasteiger partial charge in [0.25, 0.3) is 0 Å². The summed E-state index contributed by atoms with van der Waals surface area (Å²) in [6.45, 7) is 6.07. The van der Waals surface area contributed by atoms with Crippen LogP contribution in [0.2, 0.25) is 10.0 Å². The van der Waals surface area contributed by atoms with Crippen molar-refractivity contribution in [2.24, 2.45) is 0 Å². The average molecular weight is 306 g/mol. The van der Waals surface area contributed by atoms with Crippen LogP contribution in [0.25, 0.3) is 0 Å². The first kappa shape index (κ1) is 15.9. The van der Waals surface area contributed by atoms with Gasteiger partial charge in [0, 0.05) is 6.07 Å². The molecular weight excluding hydrogens is 289 g/mol. The number of halogens is 2. The Bertz CT molecular complexity index is 444. The van der Waals surface area contributed by atoms with Gasteiger partial charge in [0.1, 0.15) is 18.0 Å².